The van der Waals surface area contributed by atoms with Gasteiger partial charge in [0.25, 0.3) is 0 Å². The van der Waals surface area contributed by atoms with Crippen molar-refractivity contribution in [3.05, 3.63) is 64.4 Å². The Morgan fingerprint density at radius 2 is 1.89 bits per heavy atom. The molecule has 0 aromatic heterocycles. The second kappa shape index (κ2) is 5.98. The van der Waals surface area contributed by atoms with Gasteiger partial charge in [-0.2, -0.15) is 0 Å². The molecule has 1 N–H and O–H groups in total. The lowest BCUT2D eigenvalue weighted by Crippen LogP contribution is -2.11. The summed E-state index contributed by atoms with van der Waals surface area (Å²) in [5, 5.41) is 9.90. The van der Waals surface area contributed by atoms with E-state index in [1.165, 1.54) is 6.07 Å². The summed E-state index contributed by atoms with van der Waals surface area (Å²) in [5.41, 5.74) is 0.223. The fourth-order valence-corrected chi connectivity index (χ4v) is 1.93. The highest BCUT2D eigenvalue weighted by atomic mass is 79.9. The number of para-hydroxylation sites is 1. The molecule has 2 aromatic carbocycles. The number of halogens is 2. The zero-order chi connectivity index (χ0) is 13.0. The first-order chi connectivity index (χ1) is 8.66. The van der Waals surface area contributed by atoms with E-state index in [9.17, 15) is 9.50 Å². The molecule has 0 spiro atoms. The van der Waals surface area contributed by atoms with Crippen molar-refractivity contribution < 1.29 is 14.2 Å². The molecule has 4 heteroatoms. The third kappa shape index (κ3) is 3.31. The molecule has 2 nitrogen and oxygen atoms in total. The number of aliphatic hydroxyl groups excluding tert-OH is 1. The van der Waals surface area contributed by atoms with E-state index in [0.717, 1.165) is 4.47 Å². The van der Waals surface area contributed by atoms with E-state index in [2.05, 4.69) is 15.9 Å². The molecule has 18 heavy (non-hydrogen) atoms. The summed E-state index contributed by atoms with van der Waals surface area (Å²) in [7, 11) is 0. The van der Waals surface area contributed by atoms with E-state index in [1.54, 1.807) is 24.3 Å². The average Bonchev–Trinajstić information content (AvgIpc) is 2.40. The first-order valence-corrected chi connectivity index (χ1v) is 6.27. The average molecular weight is 311 g/mol. The fourth-order valence-electron chi connectivity index (χ4n) is 1.55. The molecule has 1 atom stereocenters. The number of hydrogen-bond acceptors (Lipinski definition) is 2. The van der Waals surface area contributed by atoms with Crippen molar-refractivity contribution in [2.24, 2.45) is 0 Å². The smallest absolute Gasteiger partial charge is 0.129 e. The predicted molar refractivity (Wildman–Crippen MR) is 71.0 cm³/mol. The summed E-state index contributed by atoms with van der Waals surface area (Å²) < 4.78 is 19.6. The van der Waals surface area contributed by atoms with Crippen LogP contribution in [0.25, 0.3) is 0 Å². The Hall–Kier alpha value is -1.39. The summed E-state index contributed by atoms with van der Waals surface area (Å²) in [6.07, 6.45) is -0.997. The van der Waals surface area contributed by atoms with Gasteiger partial charge in [-0.05, 0) is 30.3 Å². The van der Waals surface area contributed by atoms with Crippen LogP contribution in [0.1, 0.15) is 11.7 Å². The van der Waals surface area contributed by atoms with Crippen LogP contribution in [0, 0.1) is 5.82 Å². The Morgan fingerprint density at radius 1 is 1.17 bits per heavy atom. The normalized spacial score (nSPS) is 12.2. The van der Waals surface area contributed by atoms with Crippen LogP contribution in [0.15, 0.2) is 53.0 Å². The molecule has 0 saturated heterocycles. The Balaban J connectivity index is 2.03. The lowest BCUT2D eigenvalue weighted by atomic mass is 10.1. The van der Waals surface area contributed by atoms with Crippen LogP contribution in [0.3, 0.4) is 0 Å². The summed E-state index contributed by atoms with van der Waals surface area (Å²) in [4.78, 5) is 0. The Labute approximate surface area is 113 Å². The van der Waals surface area contributed by atoms with Gasteiger partial charge >= 0.3 is 0 Å². The van der Waals surface area contributed by atoms with Crippen LogP contribution < -0.4 is 4.74 Å². The molecule has 0 heterocycles. The summed E-state index contributed by atoms with van der Waals surface area (Å²) in [6.45, 7) is 0.0113. The van der Waals surface area contributed by atoms with Crippen LogP contribution in [-0.4, -0.2) is 11.7 Å². The van der Waals surface area contributed by atoms with E-state index in [0.29, 0.717) is 5.75 Å². The Morgan fingerprint density at radius 3 is 2.61 bits per heavy atom. The SMILES string of the molecule is OC(COc1ccccc1)c1cc(Br)ccc1F. The molecule has 0 aliphatic carbocycles. The molecule has 0 radical (unpaired) electrons. The first-order valence-electron chi connectivity index (χ1n) is 5.47. The van der Waals surface area contributed by atoms with Gasteiger partial charge in [-0.1, -0.05) is 34.1 Å². The minimum atomic E-state index is -0.997. The molecule has 0 amide bonds. The van der Waals surface area contributed by atoms with E-state index in [1.807, 2.05) is 18.2 Å². The number of ether oxygens (including phenoxy) is 1. The van der Waals surface area contributed by atoms with Crippen molar-refractivity contribution in [1.29, 1.82) is 0 Å². The number of aliphatic hydroxyl groups is 1. The fraction of sp³-hybridized carbons (Fsp3) is 0.143. The second-order valence-electron chi connectivity index (χ2n) is 3.81. The van der Waals surface area contributed by atoms with Crippen molar-refractivity contribution in [3.63, 3.8) is 0 Å². The monoisotopic (exact) mass is 310 g/mol. The zero-order valence-electron chi connectivity index (χ0n) is 9.51. The maximum atomic E-state index is 13.5. The largest absolute Gasteiger partial charge is 0.491 e. The summed E-state index contributed by atoms with van der Waals surface area (Å²) in [5.74, 6) is 0.203. The van der Waals surface area contributed by atoms with Crippen LogP contribution in [0.5, 0.6) is 5.75 Å². The predicted octanol–water partition coefficient (Wildman–Crippen LogP) is 3.70. The van der Waals surface area contributed by atoms with Gasteiger partial charge in [-0.25, -0.2) is 4.39 Å². The van der Waals surface area contributed by atoms with E-state index < -0.39 is 11.9 Å². The van der Waals surface area contributed by atoms with Gasteiger partial charge in [0.2, 0.25) is 0 Å². The molecule has 94 valence electrons. The van der Waals surface area contributed by atoms with Gasteiger partial charge in [0, 0.05) is 10.0 Å². The minimum Gasteiger partial charge on any atom is -0.491 e. The van der Waals surface area contributed by atoms with Crippen LogP contribution >= 0.6 is 15.9 Å². The van der Waals surface area contributed by atoms with Crippen molar-refractivity contribution in [3.8, 4) is 5.75 Å². The third-order valence-electron chi connectivity index (χ3n) is 2.47. The molecule has 2 rings (SSSR count). The van der Waals surface area contributed by atoms with Crippen molar-refractivity contribution in [2.75, 3.05) is 6.61 Å². The molecule has 2 aromatic rings. The van der Waals surface area contributed by atoms with Gasteiger partial charge < -0.3 is 9.84 Å². The molecule has 0 aliphatic rings. The van der Waals surface area contributed by atoms with Gasteiger partial charge in [0.05, 0.1) is 0 Å². The first kappa shape index (κ1) is 13.1. The highest BCUT2D eigenvalue weighted by Crippen LogP contribution is 2.22. The zero-order valence-corrected chi connectivity index (χ0v) is 11.1. The molecule has 0 bridgehead atoms. The number of hydrogen-bond donors (Lipinski definition) is 1. The third-order valence-corrected chi connectivity index (χ3v) is 2.96. The molecular formula is C14H12BrFO2. The highest BCUT2D eigenvalue weighted by molar-refractivity contribution is 9.10. The minimum absolute atomic E-state index is 0.0113. The lowest BCUT2D eigenvalue weighted by Gasteiger charge is -2.13. The van der Waals surface area contributed by atoms with Gasteiger partial charge in [-0.15, -0.1) is 0 Å². The lowest BCUT2D eigenvalue weighted by molar-refractivity contribution is 0.105. The maximum absolute atomic E-state index is 13.5. The molecule has 0 aliphatic heterocycles. The van der Waals surface area contributed by atoms with Crippen molar-refractivity contribution >= 4 is 15.9 Å². The maximum Gasteiger partial charge on any atom is 0.129 e. The van der Waals surface area contributed by atoms with Gasteiger partial charge in [0.15, 0.2) is 0 Å². The number of benzene rings is 2. The van der Waals surface area contributed by atoms with E-state index in [4.69, 9.17) is 4.74 Å². The van der Waals surface area contributed by atoms with Crippen LogP contribution in [0.4, 0.5) is 4.39 Å². The molecule has 1 unspecified atom stereocenters. The number of rotatable bonds is 4. The molecular weight excluding hydrogens is 299 g/mol. The van der Waals surface area contributed by atoms with Gasteiger partial charge in [-0.3, -0.25) is 0 Å². The second-order valence-corrected chi connectivity index (χ2v) is 4.72. The van der Waals surface area contributed by atoms with E-state index >= 15 is 0 Å². The van der Waals surface area contributed by atoms with Crippen LogP contribution in [-0.2, 0) is 0 Å². The highest BCUT2D eigenvalue weighted by Gasteiger charge is 2.14. The van der Waals surface area contributed by atoms with E-state index in [-0.39, 0.29) is 12.2 Å². The van der Waals surface area contributed by atoms with Gasteiger partial charge in [0.1, 0.15) is 24.3 Å². The molecule has 0 saturated carbocycles. The summed E-state index contributed by atoms with van der Waals surface area (Å²) >= 11 is 3.24. The Kier molecular flexibility index (Phi) is 4.33. The summed E-state index contributed by atoms with van der Waals surface area (Å²) in [6, 6.07) is 13.6. The Bertz CT molecular complexity index is 516. The van der Waals surface area contributed by atoms with Crippen molar-refractivity contribution in [1.82, 2.24) is 0 Å². The van der Waals surface area contributed by atoms with Crippen LogP contribution in [0.2, 0.25) is 0 Å². The standard InChI is InChI=1S/C14H12BrFO2/c15-10-6-7-13(16)12(8-10)14(17)9-18-11-4-2-1-3-5-11/h1-8,14,17H,9H2. The topological polar surface area (TPSA) is 29.5 Å². The quantitative estimate of drug-likeness (QED) is 0.933. The molecule has 0 fully saturated rings. The van der Waals surface area contributed by atoms with Crippen molar-refractivity contribution in [2.45, 2.75) is 6.10 Å².